The summed E-state index contributed by atoms with van der Waals surface area (Å²) in [5.74, 6) is 5.09. The molecule has 1 saturated carbocycles. The van der Waals surface area contributed by atoms with E-state index < -0.39 is 6.17 Å². The molecule has 1 aliphatic rings. The van der Waals surface area contributed by atoms with Gasteiger partial charge in [-0.05, 0) is 19.3 Å². The van der Waals surface area contributed by atoms with E-state index in [-0.39, 0.29) is 17.4 Å². The first kappa shape index (κ1) is 10.9. The van der Waals surface area contributed by atoms with Crippen molar-refractivity contribution in [3.63, 3.8) is 0 Å². The van der Waals surface area contributed by atoms with E-state index in [9.17, 15) is 9.18 Å². The number of halogens is 1. The maximum absolute atomic E-state index is 13.0. The molecule has 1 fully saturated rings. The minimum absolute atomic E-state index is 0.148. The van der Waals surface area contributed by atoms with Crippen molar-refractivity contribution in [1.29, 1.82) is 0 Å². The predicted octanol–water partition coefficient (Wildman–Crippen LogP) is 1.08. The van der Waals surface area contributed by atoms with Crippen molar-refractivity contribution in [1.82, 2.24) is 9.97 Å². The highest BCUT2D eigenvalue weighted by Gasteiger charge is 2.31. The third-order valence-electron chi connectivity index (χ3n) is 2.77. The molecule has 1 aromatic rings. The molecule has 1 aromatic heterocycles. The molecule has 0 saturated heterocycles. The monoisotopic (exact) mass is 224 g/mol. The van der Waals surface area contributed by atoms with Gasteiger partial charge in [-0.25, -0.2) is 15.2 Å². The van der Waals surface area contributed by atoms with Gasteiger partial charge in [-0.15, -0.1) is 0 Å². The van der Waals surface area contributed by atoms with Crippen LogP contribution in [0.15, 0.2) is 12.4 Å². The first-order valence-electron chi connectivity index (χ1n) is 5.17. The number of Topliss-reactive ketones (excluding diaryl/α,β-unsaturated/α-hetero) is 1. The largest absolute Gasteiger partial charge is 0.307 e. The van der Waals surface area contributed by atoms with Crippen molar-refractivity contribution < 1.29 is 9.18 Å². The Morgan fingerprint density at radius 2 is 2.31 bits per heavy atom. The molecule has 0 amide bonds. The Labute approximate surface area is 92.2 Å². The summed E-state index contributed by atoms with van der Waals surface area (Å²) in [6.07, 6.45) is 3.28. The van der Waals surface area contributed by atoms with Gasteiger partial charge in [0.1, 0.15) is 11.9 Å². The van der Waals surface area contributed by atoms with Gasteiger partial charge in [0.15, 0.2) is 11.6 Å². The third-order valence-corrected chi connectivity index (χ3v) is 2.77. The number of hydrazine groups is 1. The number of hydrogen-bond acceptors (Lipinski definition) is 5. The number of hydrogen-bond donors (Lipinski definition) is 2. The first-order valence-corrected chi connectivity index (χ1v) is 5.17. The van der Waals surface area contributed by atoms with Crippen molar-refractivity contribution in [2.75, 3.05) is 5.43 Å². The molecule has 6 heteroatoms. The number of rotatable bonds is 3. The predicted molar refractivity (Wildman–Crippen MR) is 56.4 cm³/mol. The molecule has 0 spiro atoms. The van der Waals surface area contributed by atoms with E-state index >= 15 is 0 Å². The van der Waals surface area contributed by atoms with Crippen LogP contribution in [0.3, 0.4) is 0 Å². The lowest BCUT2D eigenvalue weighted by Gasteiger charge is -2.07. The van der Waals surface area contributed by atoms with Crippen LogP contribution in [0.5, 0.6) is 0 Å². The number of aromatic nitrogens is 2. The van der Waals surface area contributed by atoms with Crippen LogP contribution in [0, 0.1) is 5.92 Å². The summed E-state index contributed by atoms with van der Waals surface area (Å²) in [6, 6.07) is 0. The molecule has 1 aliphatic carbocycles. The van der Waals surface area contributed by atoms with Crippen LogP contribution in [0.4, 0.5) is 10.2 Å². The zero-order valence-electron chi connectivity index (χ0n) is 8.69. The zero-order chi connectivity index (χ0) is 11.5. The topological polar surface area (TPSA) is 80.9 Å². The summed E-state index contributed by atoms with van der Waals surface area (Å²) < 4.78 is 13.0. The average Bonchev–Trinajstić information content (AvgIpc) is 2.75. The maximum atomic E-state index is 13.0. The number of anilines is 1. The number of carbonyl (C=O) groups excluding carboxylic acids is 1. The minimum atomic E-state index is -0.863. The molecule has 2 rings (SSSR count). The minimum Gasteiger partial charge on any atom is -0.307 e. The first-order chi connectivity index (χ1) is 7.70. The number of nitrogens with two attached hydrogens (primary N) is 1. The summed E-state index contributed by atoms with van der Waals surface area (Å²) in [4.78, 5) is 19.8. The van der Waals surface area contributed by atoms with E-state index in [2.05, 4.69) is 15.4 Å². The lowest BCUT2D eigenvalue weighted by atomic mass is 10.0. The zero-order valence-corrected chi connectivity index (χ0v) is 8.69. The van der Waals surface area contributed by atoms with Crippen LogP contribution in [-0.2, 0) is 0 Å². The summed E-state index contributed by atoms with van der Waals surface area (Å²) in [5.41, 5.74) is 2.57. The molecular formula is C10H13FN4O. The van der Waals surface area contributed by atoms with Crippen molar-refractivity contribution in [3.05, 3.63) is 18.1 Å². The fraction of sp³-hybridized carbons (Fsp3) is 0.500. The Morgan fingerprint density at radius 1 is 1.50 bits per heavy atom. The Hall–Kier alpha value is -1.56. The second kappa shape index (κ2) is 4.52. The molecule has 86 valence electrons. The Morgan fingerprint density at radius 3 is 2.94 bits per heavy atom. The highest BCUT2D eigenvalue weighted by Crippen LogP contribution is 2.30. The van der Waals surface area contributed by atoms with Crippen LogP contribution >= 0.6 is 0 Å². The number of nitrogens with zero attached hydrogens (tertiary/aromatic N) is 2. The lowest BCUT2D eigenvalue weighted by Crippen LogP contribution is -2.16. The lowest BCUT2D eigenvalue weighted by molar-refractivity contribution is 0.0912. The van der Waals surface area contributed by atoms with Gasteiger partial charge < -0.3 is 5.43 Å². The van der Waals surface area contributed by atoms with Gasteiger partial charge in [-0.2, -0.15) is 0 Å². The summed E-state index contributed by atoms with van der Waals surface area (Å²) in [5, 5.41) is 0. The van der Waals surface area contributed by atoms with E-state index in [0.717, 1.165) is 0 Å². The Balaban J connectivity index is 2.14. The highest BCUT2D eigenvalue weighted by atomic mass is 19.1. The maximum Gasteiger partial charge on any atom is 0.186 e. The van der Waals surface area contributed by atoms with Gasteiger partial charge in [-0.1, -0.05) is 0 Å². The van der Waals surface area contributed by atoms with Crippen LogP contribution < -0.4 is 11.3 Å². The van der Waals surface area contributed by atoms with Gasteiger partial charge in [-0.3, -0.25) is 9.78 Å². The standard InChI is InChI=1S/C10H13FN4O/c11-7-2-1-6(3-7)10(16)8-4-13-5-9(14-8)15-12/h4-7H,1-3,12H2,(H,14,15)/t6?,7-/m0/s1. The number of alkyl halides is 1. The molecule has 1 heterocycles. The second-order valence-electron chi connectivity index (χ2n) is 3.91. The molecule has 0 aromatic carbocycles. The number of nitrogens with one attached hydrogen (secondary N) is 1. The van der Waals surface area contributed by atoms with E-state index in [1.54, 1.807) is 0 Å². The molecule has 3 N–H and O–H groups in total. The molecule has 16 heavy (non-hydrogen) atoms. The van der Waals surface area contributed by atoms with Crippen molar-refractivity contribution >= 4 is 11.6 Å². The smallest absolute Gasteiger partial charge is 0.186 e. The van der Waals surface area contributed by atoms with Gasteiger partial charge in [0.05, 0.1) is 12.4 Å². The van der Waals surface area contributed by atoms with E-state index in [1.165, 1.54) is 12.4 Å². The summed E-state index contributed by atoms with van der Waals surface area (Å²) in [6.45, 7) is 0. The SMILES string of the molecule is NNc1cncc(C(=O)C2CC[C@H](F)C2)n1. The highest BCUT2D eigenvalue weighted by molar-refractivity contribution is 5.96. The Bertz CT molecular complexity index is 398. The molecule has 0 bridgehead atoms. The van der Waals surface area contributed by atoms with Crippen molar-refractivity contribution in [2.45, 2.75) is 25.4 Å². The molecule has 2 atom stereocenters. The number of ketones is 1. The Kier molecular flexibility index (Phi) is 3.09. The van der Waals surface area contributed by atoms with Crippen LogP contribution in [0.25, 0.3) is 0 Å². The summed E-state index contributed by atoms with van der Waals surface area (Å²) in [7, 11) is 0. The molecule has 0 aliphatic heterocycles. The van der Waals surface area contributed by atoms with E-state index in [1.807, 2.05) is 0 Å². The molecule has 0 radical (unpaired) electrons. The van der Waals surface area contributed by atoms with Crippen LogP contribution in [0.1, 0.15) is 29.8 Å². The van der Waals surface area contributed by atoms with Gasteiger partial charge >= 0.3 is 0 Å². The fourth-order valence-corrected chi connectivity index (χ4v) is 1.93. The molecule has 1 unspecified atom stereocenters. The van der Waals surface area contributed by atoms with E-state index in [4.69, 9.17) is 5.84 Å². The number of nitrogen functional groups attached to an aromatic ring is 1. The fourth-order valence-electron chi connectivity index (χ4n) is 1.93. The van der Waals surface area contributed by atoms with Crippen LogP contribution in [0.2, 0.25) is 0 Å². The third kappa shape index (κ3) is 2.16. The van der Waals surface area contributed by atoms with Crippen molar-refractivity contribution in [2.24, 2.45) is 11.8 Å². The van der Waals surface area contributed by atoms with Gasteiger partial charge in [0.25, 0.3) is 0 Å². The average molecular weight is 224 g/mol. The van der Waals surface area contributed by atoms with E-state index in [0.29, 0.717) is 25.1 Å². The second-order valence-corrected chi connectivity index (χ2v) is 3.91. The van der Waals surface area contributed by atoms with Crippen LogP contribution in [-0.4, -0.2) is 21.9 Å². The molecule has 5 nitrogen and oxygen atoms in total. The van der Waals surface area contributed by atoms with Crippen molar-refractivity contribution in [3.8, 4) is 0 Å². The number of carbonyl (C=O) groups is 1. The quantitative estimate of drug-likeness (QED) is 0.456. The van der Waals surface area contributed by atoms with Gasteiger partial charge in [0.2, 0.25) is 0 Å². The molecular weight excluding hydrogens is 211 g/mol. The van der Waals surface area contributed by atoms with Gasteiger partial charge in [0, 0.05) is 5.92 Å². The normalized spacial score (nSPS) is 24.4. The summed E-state index contributed by atoms with van der Waals surface area (Å²) >= 11 is 0.